The van der Waals surface area contributed by atoms with E-state index in [0.717, 1.165) is 6.21 Å². The minimum absolute atomic E-state index is 0.280. The quantitative estimate of drug-likeness (QED) is 0.558. The molecule has 0 radical (unpaired) electrons. The molecule has 0 aliphatic rings. The molecule has 1 amide bonds. The van der Waals surface area contributed by atoms with Crippen LogP contribution in [0.2, 0.25) is 0 Å². The molecule has 0 unspecified atom stereocenters. The fourth-order valence-electron chi connectivity index (χ4n) is 0.219. The van der Waals surface area contributed by atoms with Crippen molar-refractivity contribution in [2.45, 2.75) is 13.3 Å². The van der Waals surface area contributed by atoms with Gasteiger partial charge in [-0.05, 0) is 0 Å². The molecule has 9 heavy (non-hydrogen) atoms. The summed E-state index contributed by atoms with van der Waals surface area (Å²) in [7, 11) is 0. The maximum absolute atomic E-state index is 10.3. The Hall–Kier alpha value is -1.19. The Labute approximate surface area is 52.2 Å². The van der Waals surface area contributed by atoms with Gasteiger partial charge >= 0.3 is 6.09 Å². The lowest BCUT2D eigenvalue weighted by molar-refractivity contribution is -0.112. The minimum atomic E-state index is -1.34. The van der Waals surface area contributed by atoms with Crippen molar-refractivity contribution in [2.24, 2.45) is 4.99 Å². The van der Waals surface area contributed by atoms with Crippen LogP contribution in [-0.2, 0) is 4.79 Å². The van der Waals surface area contributed by atoms with Gasteiger partial charge in [-0.15, -0.1) is 0 Å². The van der Waals surface area contributed by atoms with E-state index in [4.69, 9.17) is 5.11 Å². The topological polar surface area (TPSA) is 66.7 Å². The van der Waals surface area contributed by atoms with Crippen LogP contribution in [0.4, 0.5) is 4.79 Å². The van der Waals surface area contributed by atoms with E-state index in [9.17, 15) is 9.59 Å². The van der Waals surface area contributed by atoms with E-state index in [1.54, 1.807) is 6.92 Å². The molecule has 0 heterocycles. The Balaban J connectivity index is 3.71. The third-order valence-electron chi connectivity index (χ3n) is 0.667. The van der Waals surface area contributed by atoms with Crippen LogP contribution in [0.15, 0.2) is 4.99 Å². The Morgan fingerprint density at radius 2 is 2.22 bits per heavy atom. The molecule has 1 N–H and O–H groups in total. The predicted octanol–water partition coefficient (Wildman–Crippen LogP) is 0.714. The van der Waals surface area contributed by atoms with Gasteiger partial charge in [0.1, 0.15) is 0 Å². The van der Waals surface area contributed by atoms with E-state index >= 15 is 0 Å². The Morgan fingerprint density at radius 1 is 1.67 bits per heavy atom. The summed E-state index contributed by atoms with van der Waals surface area (Å²) in [6, 6.07) is 0. The smallest absolute Gasteiger partial charge is 0.431 e. The molecule has 0 fully saturated rings. The van der Waals surface area contributed by atoms with Crippen molar-refractivity contribution >= 4 is 18.1 Å². The Morgan fingerprint density at radius 3 is 2.56 bits per heavy atom. The van der Waals surface area contributed by atoms with Gasteiger partial charge in [-0.2, -0.15) is 4.99 Å². The van der Waals surface area contributed by atoms with E-state index in [1.165, 1.54) is 0 Å². The Kier molecular flexibility index (Phi) is 3.27. The lowest BCUT2D eigenvalue weighted by Gasteiger charge is -1.80. The highest BCUT2D eigenvalue weighted by molar-refractivity contribution is 6.28. The van der Waals surface area contributed by atoms with E-state index in [-0.39, 0.29) is 12.2 Å². The van der Waals surface area contributed by atoms with Crippen LogP contribution in [0, 0.1) is 0 Å². The largest absolute Gasteiger partial charge is 0.463 e. The Bertz CT molecular complexity index is 150. The average molecular weight is 129 g/mol. The van der Waals surface area contributed by atoms with Gasteiger partial charge in [0, 0.05) is 6.42 Å². The van der Waals surface area contributed by atoms with Crippen LogP contribution in [0.3, 0.4) is 0 Å². The number of aliphatic imine (C=N–C) groups is 1. The number of ketones is 1. The van der Waals surface area contributed by atoms with Gasteiger partial charge in [-0.25, -0.2) is 4.79 Å². The molecule has 0 aliphatic carbocycles. The van der Waals surface area contributed by atoms with E-state index in [2.05, 4.69) is 4.99 Å². The lowest BCUT2D eigenvalue weighted by Crippen LogP contribution is -1.98. The van der Waals surface area contributed by atoms with E-state index in [1.807, 2.05) is 0 Å². The van der Waals surface area contributed by atoms with Gasteiger partial charge in [-0.1, -0.05) is 6.92 Å². The maximum atomic E-state index is 10.3. The van der Waals surface area contributed by atoms with Crippen molar-refractivity contribution in [3.05, 3.63) is 0 Å². The molecule has 4 heteroatoms. The molecule has 0 aromatic carbocycles. The van der Waals surface area contributed by atoms with Crippen LogP contribution in [0.5, 0.6) is 0 Å². The lowest BCUT2D eigenvalue weighted by atomic mass is 10.3. The summed E-state index contributed by atoms with van der Waals surface area (Å²) in [5.74, 6) is -0.280. The van der Waals surface area contributed by atoms with Crippen LogP contribution < -0.4 is 0 Å². The first-order valence-electron chi connectivity index (χ1n) is 2.46. The summed E-state index contributed by atoms with van der Waals surface area (Å²) in [5.41, 5.74) is 0. The fraction of sp³-hybridized carbons (Fsp3) is 0.400. The predicted molar refractivity (Wildman–Crippen MR) is 31.8 cm³/mol. The molecule has 0 bridgehead atoms. The summed E-state index contributed by atoms with van der Waals surface area (Å²) in [4.78, 5) is 22.8. The third-order valence-corrected chi connectivity index (χ3v) is 0.667. The second-order valence-corrected chi connectivity index (χ2v) is 1.36. The van der Waals surface area contributed by atoms with Crippen molar-refractivity contribution in [1.29, 1.82) is 0 Å². The normalized spacial score (nSPS) is 9.89. The van der Waals surface area contributed by atoms with Crippen LogP contribution >= 0.6 is 0 Å². The maximum Gasteiger partial charge on any atom is 0.431 e. The first-order chi connectivity index (χ1) is 4.16. The molecule has 0 saturated carbocycles. The molecule has 0 saturated heterocycles. The van der Waals surface area contributed by atoms with Gasteiger partial charge < -0.3 is 5.11 Å². The van der Waals surface area contributed by atoms with Gasteiger partial charge in [0.25, 0.3) is 0 Å². The van der Waals surface area contributed by atoms with Crippen molar-refractivity contribution < 1.29 is 14.7 Å². The number of carbonyl (C=O) groups excluding carboxylic acids is 1. The van der Waals surface area contributed by atoms with E-state index < -0.39 is 6.09 Å². The first-order valence-corrected chi connectivity index (χ1v) is 2.46. The first kappa shape index (κ1) is 7.81. The van der Waals surface area contributed by atoms with Crippen molar-refractivity contribution in [2.75, 3.05) is 0 Å². The number of amides is 1. The van der Waals surface area contributed by atoms with Crippen LogP contribution in [0.25, 0.3) is 0 Å². The van der Waals surface area contributed by atoms with Gasteiger partial charge in [0.15, 0.2) is 5.78 Å². The van der Waals surface area contributed by atoms with Crippen LogP contribution in [-0.4, -0.2) is 23.2 Å². The third kappa shape index (κ3) is 4.67. The fourth-order valence-corrected chi connectivity index (χ4v) is 0.219. The number of carboxylic acid groups (broad SMARTS) is 1. The molecule has 0 aliphatic heterocycles. The summed E-state index contributed by atoms with van der Waals surface area (Å²) in [6.45, 7) is 1.64. The van der Waals surface area contributed by atoms with Crippen molar-refractivity contribution in [3.8, 4) is 0 Å². The zero-order valence-corrected chi connectivity index (χ0v) is 5.00. The number of rotatable bonds is 2. The van der Waals surface area contributed by atoms with Gasteiger partial charge in [0.2, 0.25) is 0 Å². The molecular weight excluding hydrogens is 122 g/mol. The molecule has 4 nitrogen and oxygen atoms in total. The number of nitrogens with zero attached hydrogens (tertiary/aromatic N) is 1. The standard InChI is InChI=1S/C5H7NO3/c1-2-4(7)3-6-5(8)9/h3H,2H2,1H3,(H,8,9). The highest BCUT2D eigenvalue weighted by Crippen LogP contribution is 1.76. The molecule has 0 aromatic heterocycles. The zero-order chi connectivity index (χ0) is 7.28. The van der Waals surface area contributed by atoms with Gasteiger partial charge in [0.05, 0.1) is 6.21 Å². The number of hydrogen-bond acceptors (Lipinski definition) is 2. The van der Waals surface area contributed by atoms with E-state index in [0.29, 0.717) is 0 Å². The summed E-state index contributed by atoms with van der Waals surface area (Å²) < 4.78 is 0. The van der Waals surface area contributed by atoms with Gasteiger partial charge in [-0.3, -0.25) is 4.79 Å². The molecule has 50 valence electrons. The molecule has 0 rings (SSSR count). The van der Waals surface area contributed by atoms with Crippen molar-refractivity contribution in [1.82, 2.24) is 0 Å². The SMILES string of the molecule is CCC(=O)C=NC(=O)O. The molecule has 0 spiro atoms. The monoisotopic (exact) mass is 129 g/mol. The molecular formula is C5H7NO3. The molecule has 0 aromatic rings. The summed E-state index contributed by atoms with van der Waals surface area (Å²) in [5, 5.41) is 7.91. The second kappa shape index (κ2) is 3.77. The zero-order valence-electron chi connectivity index (χ0n) is 5.00. The highest BCUT2D eigenvalue weighted by atomic mass is 16.4. The summed E-state index contributed by atoms with van der Waals surface area (Å²) >= 11 is 0. The van der Waals surface area contributed by atoms with Crippen molar-refractivity contribution in [3.63, 3.8) is 0 Å². The molecule has 0 atom stereocenters. The average Bonchev–Trinajstić information content (AvgIpc) is 1.83. The summed E-state index contributed by atoms with van der Waals surface area (Å²) in [6.07, 6.45) is -0.240. The van der Waals surface area contributed by atoms with Crippen LogP contribution in [0.1, 0.15) is 13.3 Å². The second-order valence-electron chi connectivity index (χ2n) is 1.36. The minimum Gasteiger partial charge on any atom is -0.463 e. The number of Topliss-reactive ketones (excluding diaryl/α,β-unsaturated/α-hetero) is 1. The number of hydrogen-bond donors (Lipinski definition) is 1. The highest BCUT2D eigenvalue weighted by Gasteiger charge is 1.91. The number of carbonyl (C=O) groups is 2.